The number of rotatable bonds is 11. The minimum atomic E-state index is -3.86. The maximum Gasteiger partial charge on any atom is 0.243 e. The van der Waals surface area contributed by atoms with Gasteiger partial charge in [0.05, 0.1) is 30.5 Å². The number of carbonyl (C=O) groups is 1. The Hall–Kier alpha value is -2.54. The van der Waals surface area contributed by atoms with Crippen LogP contribution in [-0.4, -0.2) is 72.7 Å². The molecule has 204 valence electrons. The third-order valence-electron chi connectivity index (χ3n) is 5.91. The molecule has 0 saturated carbocycles. The van der Waals surface area contributed by atoms with Crippen LogP contribution in [0, 0.1) is 0 Å². The smallest absolute Gasteiger partial charge is 0.243 e. The van der Waals surface area contributed by atoms with Gasteiger partial charge < -0.3 is 14.8 Å². The van der Waals surface area contributed by atoms with Crippen molar-refractivity contribution in [1.29, 1.82) is 0 Å². The van der Waals surface area contributed by atoms with Crippen molar-refractivity contribution in [2.24, 2.45) is 0 Å². The average Bonchev–Trinajstić information content (AvgIpc) is 2.86. The van der Waals surface area contributed by atoms with Crippen LogP contribution in [0.5, 0.6) is 11.5 Å². The van der Waals surface area contributed by atoms with Crippen molar-refractivity contribution in [2.45, 2.75) is 37.1 Å². The second-order valence-corrected chi connectivity index (χ2v) is 12.9. The van der Waals surface area contributed by atoms with Crippen molar-refractivity contribution in [2.75, 3.05) is 43.9 Å². The van der Waals surface area contributed by atoms with Gasteiger partial charge in [-0.15, -0.1) is 0 Å². The molecule has 1 atom stereocenters. The molecule has 0 spiro atoms. The van der Waals surface area contributed by atoms with Crippen LogP contribution in [0.4, 0.5) is 5.69 Å². The molecule has 1 fully saturated rings. The van der Waals surface area contributed by atoms with Crippen LogP contribution in [-0.2, 0) is 24.8 Å². The Morgan fingerprint density at radius 1 is 1.08 bits per heavy atom. The van der Waals surface area contributed by atoms with E-state index in [2.05, 4.69) is 5.32 Å². The highest BCUT2D eigenvalue weighted by Gasteiger charge is 2.31. The number of nitrogens with one attached hydrogen (secondary N) is 1. The summed E-state index contributed by atoms with van der Waals surface area (Å²) >= 11 is 6.06. The lowest BCUT2D eigenvalue weighted by molar-refractivity contribution is -0.121. The summed E-state index contributed by atoms with van der Waals surface area (Å²) in [7, 11) is -5.99. The van der Waals surface area contributed by atoms with Crippen molar-refractivity contribution in [3.05, 3.63) is 47.5 Å². The van der Waals surface area contributed by atoms with E-state index in [1.165, 1.54) is 42.6 Å². The summed E-state index contributed by atoms with van der Waals surface area (Å²) in [5, 5.41) is 2.95. The summed E-state index contributed by atoms with van der Waals surface area (Å²) in [6.45, 7) is 2.70. The maximum absolute atomic E-state index is 12.8. The monoisotopic (exact) mass is 573 g/mol. The van der Waals surface area contributed by atoms with Crippen molar-refractivity contribution in [3.8, 4) is 11.5 Å². The number of anilines is 1. The van der Waals surface area contributed by atoms with E-state index in [0.29, 0.717) is 23.9 Å². The molecule has 1 aliphatic heterocycles. The van der Waals surface area contributed by atoms with Gasteiger partial charge in [-0.25, -0.2) is 16.8 Å². The molecule has 0 radical (unpaired) electrons. The Bertz CT molecular complexity index is 1300. The number of hydrogen-bond donors (Lipinski definition) is 1. The number of sulfonamides is 2. The highest BCUT2D eigenvalue weighted by molar-refractivity contribution is 7.92. The lowest BCUT2D eigenvalue weighted by atomic mass is 10.2. The zero-order valence-corrected chi connectivity index (χ0v) is 23.4. The number of nitrogens with zero attached hydrogens (tertiary/aromatic N) is 2. The van der Waals surface area contributed by atoms with Crippen LogP contribution >= 0.6 is 11.6 Å². The summed E-state index contributed by atoms with van der Waals surface area (Å²) in [5.41, 5.74) is 0.149. The number of carbonyl (C=O) groups excluding carboxylic acids is 1. The average molecular weight is 574 g/mol. The normalized spacial score (nSPS) is 15.6. The minimum absolute atomic E-state index is 0.0933. The number of methoxy groups -OCH3 is 1. The molecule has 2 aromatic rings. The van der Waals surface area contributed by atoms with E-state index in [-0.39, 0.29) is 29.5 Å². The van der Waals surface area contributed by atoms with E-state index in [0.717, 1.165) is 29.8 Å². The molecule has 3 rings (SSSR count). The molecule has 1 N–H and O–H groups in total. The minimum Gasteiger partial charge on any atom is -0.495 e. The van der Waals surface area contributed by atoms with Gasteiger partial charge in [-0.1, -0.05) is 18.0 Å². The summed E-state index contributed by atoms with van der Waals surface area (Å²) < 4.78 is 64.0. The topological polar surface area (TPSA) is 122 Å². The predicted molar refractivity (Wildman–Crippen MR) is 142 cm³/mol. The standard InChI is InChI=1S/C24H32ClN3O7S2/c1-18(28(36(3,30)31)22-17-19(25)7-12-23(22)34-2)24(29)26-13-16-35-20-8-10-21(11-9-20)37(32,33)27-14-5-4-6-15-27/h7-12,17-18H,4-6,13-16H2,1-3H3,(H,26,29). The number of benzene rings is 2. The number of piperidine rings is 1. The van der Waals surface area contributed by atoms with E-state index < -0.39 is 32.0 Å². The van der Waals surface area contributed by atoms with Gasteiger partial charge in [-0.2, -0.15) is 4.31 Å². The number of hydrogen-bond acceptors (Lipinski definition) is 7. The van der Waals surface area contributed by atoms with Crippen molar-refractivity contribution < 1.29 is 31.1 Å². The van der Waals surface area contributed by atoms with Gasteiger partial charge >= 0.3 is 0 Å². The molecule has 0 aliphatic carbocycles. The van der Waals surface area contributed by atoms with Gasteiger partial charge in [0.1, 0.15) is 24.1 Å². The highest BCUT2D eigenvalue weighted by Crippen LogP contribution is 2.34. The molecule has 1 saturated heterocycles. The van der Waals surface area contributed by atoms with Gasteiger partial charge in [-0.3, -0.25) is 9.10 Å². The van der Waals surface area contributed by atoms with Crippen molar-refractivity contribution in [3.63, 3.8) is 0 Å². The Labute approximate surface area is 223 Å². The molecule has 13 heteroatoms. The molecule has 1 amide bonds. The third kappa shape index (κ3) is 7.28. The van der Waals surface area contributed by atoms with Crippen molar-refractivity contribution in [1.82, 2.24) is 9.62 Å². The first-order valence-corrected chi connectivity index (χ1v) is 15.5. The largest absolute Gasteiger partial charge is 0.495 e. The van der Waals surface area contributed by atoms with Gasteiger partial charge in [0.2, 0.25) is 26.0 Å². The van der Waals surface area contributed by atoms with Crippen LogP contribution in [0.25, 0.3) is 0 Å². The van der Waals surface area contributed by atoms with Crippen LogP contribution in [0.1, 0.15) is 26.2 Å². The second-order valence-electron chi connectivity index (χ2n) is 8.63. The van der Waals surface area contributed by atoms with Crippen LogP contribution < -0.4 is 19.1 Å². The summed E-state index contributed by atoms with van der Waals surface area (Å²) in [5.74, 6) is 0.156. The fourth-order valence-electron chi connectivity index (χ4n) is 4.07. The summed E-state index contributed by atoms with van der Waals surface area (Å²) in [6.07, 6.45) is 3.75. The molecule has 0 bridgehead atoms. The molecule has 37 heavy (non-hydrogen) atoms. The first kappa shape index (κ1) is 29.0. The van der Waals surface area contributed by atoms with Crippen molar-refractivity contribution >= 4 is 43.2 Å². The number of halogens is 1. The van der Waals surface area contributed by atoms with E-state index in [1.54, 1.807) is 18.2 Å². The quantitative estimate of drug-likeness (QED) is 0.410. The third-order valence-corrected chi connectivity index (χ3v) is 9.29. The van der Waals surface area contributed by atoms with Gasteiger partial charge in [-0.05, 0) is 62.2 Å². The first-order chi connectivity index (χ1) is 17.4. The summed E-state index contributed by atoms with van der Waals surface area (Å²) in [6, 6.07) is 9.55. The molecule has 0 aromatic heterocycles. The van der Waals surface area contributed by atoms with Gasteiger partial charge in [0, 0.05) is 18.1 Å². The number of ether oxygens (including phenoxy) is 2. The first-order valence-electron chi connectivity index (χ1n) is 11.8. The van der Waals surface area contributed by atoms with Crippen LogP contribution in [0.3, 0.4) is 0 Å². The van der Waals surface area contributed by atoms with Crippen LogP contribution in [0.2, 0.25) is 5.02 Å². The number of amides is 1. The fraction of sp³-hybridized carbons (Fsp3) is 0.458. The zero-order chi connectivity index (χ0) is 27.2. The Morgan fingerprint density at radius 2 is 1.73 bits per heavy atom. The lowest BCUT2D eigenvalue weighted by Crippen LogP contribution is -2.48. The lowest BCUT2D eigenvalue weighted by Gasteiger charge is -2.29. The fourth-order valence-corrected chi connectivity index (χ4v) is 6.92. The van der Waals surface area contributed by atoms with Gasteiger partial charge in [0.15, 0.2) is 0 Å². The SMILES string of the molecule is COc1ccc(Cl)cc1N(C(C)C(=O)NCCOc1ccc(S(=O)(=O)N2CCCCC2)cc1)S(C)(=O)=O. The van der Waals surface area contributed by atoms with E-state index >= 15 is 0 Å². The molecule has 2 aromatic carbocycles. The zero-order valence-electron chi connectivity index (χ0n) is 21.0. The Morgan fingerprint density at radius 3 is 2.32 bits per heavy atom. The molecule has 1 heterocycles. The molecular weight excluding hydrogens is 542 g/mol. The summed E-state index contributed by atoms with van der Waals surface area (Å²) in [4.78, 5) is 13.0. The Balaban J connectivity index is 1.58. The highest BCUT2D eigenvalue weighted by atomic mass is 35.5. The predicted octanol–water partition coefficient (Wildman–Crippen LogP) is 2.87. The van der Waals surface area contributed by atoms with Crippen LogP contribution in [0.15, 0.2) is 47.4 Å². The van der Waals surface area contributed by atoms with Gasteiger partial charge in [0.25, 0.3) is 0 Å². The van der Waals surface area contributed by atoms with E-state index in [9.17, 15) is 21.6 Å². The Kier molecular flexibility index (Phi) is 9.68. The van der Waals surface area contributed by atoms with E-state index in [4.69, 9.17) is 21.1 Å². The van der Waals surface area contributed by atoms with E-state index in [1.807, 2.05) is 0 Å². The maximum atomic E-state index is 12.8. The molecule has 10 nitrogen and oxygen atoms in total. The molecule has 1 unspecified atom stereocenters. The molecular formula is C24H32ClN3O7S2. The molecule has 1 aliphatic rings. The second kappa shape index (κ2) is 12.3.